The number of nitrogens with zero attached hydrogens (tertiary/aromatic N) is 1. The SMILES string of the molecule is CC(C)(C)c1ccc2c(c1)C1(c3ccccc3-c3cccc(N(c4ccc(-c5ccc(-c6ccccc6)cc5)cc4)c4ccc5c(c4)C4(c6ccccc6-5)C5CC6CC(C5)CC4C6)c31)c1cc(C(C)(C)C)ccc1C2(C)C. The summed E-state index contributed by atoms with van der Waals surface area (Å²) in [5, 5.41) is 0. The molecule has 9 aromatic carbocycles. The predicted molar refractivity (Wildman–Crippen MR) is 322 cm³/mol. The lowest BCUT2D eigenvalue weighted by Gasteiger charge is -2.61. The molecule has 0 N–H and O–H groups in total. The van der Waals surface area contributed by atoms with E-state index in [4.69, 9.17) is 0 Å². The van der Waals surface area contributed by atoms with E-state index in [9.17, 15) is 0 Å². The van der Waals surface area contributed by atoms with E-state index in [-0.39, 0.29) is 21.7 Å². The zero-order chi connectivity index (χ0) is 52.4. The number of anilines is 3. The quantitative estimate of drug-likeness (QED) is 0.166. The van der Waals surface area contributed by atoms with Crippen molar-refractivity contribution >= 4 is 17.1 Å². The van der Waals surface area contributed by atoms with Gasteiger partial charge in [-0.05, 0) is 192 Å². The molecule has 0 aliphatic heterocycles. The van der Waals surface area contributed by atoms with Crippen LogP contribution < -0.4 is 4.90 Å². The van der Waals surface area contributed by atoms with Gasteiger partial charge in [-0.25, -0.2) is 0 Å². The van der Waals surface area contributed by atoms with Crippen LogP contribution in [0.5, 0.6) is 0 Å². The highest BCUT2D eigenvalue weighted by molar-refractivity contribution is 5.97. The van der Waals surface area contributed by atoms with Crippen molar-refractivity contribution < 1.29 is 0 Å². The van der Waals surface area contributed by atoms with Gasteiger partial charge in [-0.2, -0.15) is 0 Å². The lowest BCUT2D eigenvalue weighted by molar-refractivity contribution is -0.0399. The maximum Gasteiger partial charge on any atom is 0.0740 e. The second kappa shape index (κ2) is 16.4. The van der Waals surface area contributed by atoms with Crippen LogP contribution in [0.2, 0.25) is 0 Å². The van der Waals surface area contributed by atoms with Crippen molar-refractivity contribution in [2.75, 3.05) is 4.90 Å². The van der Waals surface area contributed by atoms with Crippen molar-refractivity contribution in [3.8, 4) is 44.5 Å². The Bertz CT molecular complexity index is 3760. The molecular formula is C76H71N. The van der Waals surface area contributed by atoms with Crippen LogP contribution in [0, 0.1) is 23.7 Å². The van der Waals surface area contributed by atoms with E-state index in [1.165, 1.54) is 138 Å². The summed E-state index contributed by atoms with van der Waals surface area (Å²) in [6.45, 7) is 19.3. The Labute approximate surface area is 458 Å². The van der Waals surface area contributed by atoms with E-state index in [0.29, 0.717) is 11.8 Å². The van der Waals surface area contributed by atoms with Crippen LogP contribution in [0.15, 0.2) is 200 Å². The molecule has 1 nitrogen and oxygen atoms in total. The van der Waals surface area contributed by atoms with Gasteiger partial charge >= 0.3 is 0 Å². The molecule has 9 aromatic rings. The number of rotatable bonds is 5. The largest absolute Gasteiger partial charge is 0.310 e. The Balaban J connectivity index is 1.01. The van der Waals surface area contributed by atoms with Gasteiger partial charge in [-0.1, -0.05) is 225 Å². The summed E-state index contributed by atoms with van der Waals surface area (Å²) in [6.07, 6.45) is 6.88. The summed E-state index contributed by atoms with van der Waals surface area (Å²) in [7, 11) is 0. The zero-order valence-electron chi connectivity index (χ0n) is 46.3. The van der Waals surface area contributed by atoms with Crippen molar-refractivity contribution in [3.05, 3.63) is 256 Å². The molecule has 77 heavy (non-hydrogen) atoms. The van der Waals surface area contributed by atoms with Crippen LogP contribution in [-0.2, 0) is 27.1 Å². The van der Waals surface area contributed by atoms with Gasteiger partial charge in [0.15, 0.2) is 0 Å². The lowest BCUT2D eigenvalue weighted by Crippen LogP contribution is -2.55. The minimum atomic E-state index is -0.625. The molecule has 0 aromatic heterocycles. The van der Waals surface area contributed by atoms with Crippen molar-refractivity contribution in [2.24, 2.45) is 23.7 Å². The van der Waals surface area contributed by atoms with Crippen LogP contribution in [0.3, 0.4) is 0 Å². The van der Waals surface area contributed by atoms with E-state index in [1.807, 2.05) is 0 Å². The summed E-state index contributed by atoms with van der Waals surface area (Å²) >= 11 is 0. The number of hydrogen-bond acceptors (Lipinski definition) is 1. The van der Waals surface area contributed by atoms with Gasteiger partial charge in [0.1, 0.15) is 0 Å². The molecule has 7 aliphatic rings. The molecular weight excluding hydrogens is 927 g/mol. The second-order valence-electron chi connectivity index (χ2n) is 26.9. The molecule has 0 atom stereocenters. The van der Waals surface area contributed by atoms with Gasteiger partial charge in [0, 0.05) is 27.8 Å². The van der Waals surface area contributed by atoms with Crippen molar-refractivity contribution in [1.82, 2.24) is 0 Å². The summed E-state index contributed by atoms with van der Waals surface area (Å²) in [5.41, 5.74) is 27.5. The minimum Gasteiger partial charge on any atom is -0.310 e. The van der Waals surface area contributed by atoms with Gasteiger partial charge in [0.2, 0.25) is 0 Å². The highest BCUT2D eigenvalue weighted by Gasteiger charge is 2.62. The minimum absolute atomic E-state index is 0.0342. The van der Waals surface area contributed by atoms with Crippen molar-refractivity contribution in [1.29, 1.82) is 0 Å². The molecule has 380 valence electrons. The van der Waals surface area contributed by atoms with Gasteiger partial charge in [0.25, 0.3) is 0 Å². The molecule has 4 saturated carbocycles. The standard InChI is InChI=1S/C76H71N/c1-72(2,3)53-31-37-65-68(44-53)76(69-45-54(73(4,5)6)32-38-66(69)74(65,7)8)64-23-15-13-20-60(64)62-21-16-24-70(71(62)76)77(57-33-29-52(30-34-57)51-27-25-50(26-28-51)49-17-10-9-11-18-49)58-35-36-61-59-19-12-14-22-63(59)75(67(61)46-58)55-40-47-39-48(42-55)43-56(75)41-47/h9-38,44-48,55-56H,39-43H2,1-8H3. The monoisotopic (exact) mass is 998 g/mol. The third-order valence-corrected chi connectivity index (χ3v) is 20.5. The van der Waals surface area contributed by atoms with Crippen LogP contribution in [0.1, 0.15) is 143 Å². The first-order valence-corrected chi connectivity index (χ1v) is 29.0. The fourth-order valence-corrected chi connectivity index (χ4v) is 17.1. The number of benzene rings is 9. The van der Waals surface area contributed by atoms with Gasteiger partial charge in [0.05, 0.1) is 11.1 Å². The third-order valence-electron chi connectivity index (χ3n) is 20.5. The first-order chi connectivity index (χ1) is 37.1. The Hall–Kier alpha value is -7.22. The van der Waals surface area contributed by atoms with Crippen LogP contribution >= 0.6 is 0 Å². The Kier molecular flexibility index (Phi) is 10.0. The molecule has 16 rings (SSSR count). The molecule has 2 spiro atoms. The molecule has 0 radical (unpaired) electrons. The molecule has 0 amide bonds. The summed E-state index contributed by atoms with van der Waals surface area (Å²) in [5.74, 6) is 3.09. The molecule has 0 unspecified atom stereocenters. The summed E-state index contributed by atoms with van der Waals surface area (Å²) in [4.78, 5) is 2.70. The molecule has 0 saturated heterocycles. The Morgan fingerprint density at radius 1 is 0.364 bits per heavy atom. The average Bonchev–Trinajstić information content (AvgIpc) is 3.41. The summed E-state index contributed by atoms with van der Waals surface area (Å²) in [6, 6.07) is 78.6. The molecule has 7 aliphatic carbocycles. The maximum absolute atomic E-state index is 2.71. The van der Waals surface area contributed by atoms with Gasteiger partial charge in [-0.15, -0.1) is 0 Å². The van der Waals surface area contributed by atoms with E-state index in [1.54, 1.807) is 11.1 Å². The zero-order valence-corrected chi connectivity index (χ0v) is 46.3. The normalized spacial score (nSPS) is 22.3. The first-order valence-electron chi connectivity index (χ1n) is 29.0. The highest BCUT2D eigenvalue weighted by atomic mass is 15.1. The van der Waals surface area contributed by atoms with E-state index in [0.717, 1.165) is 11.8 Å². The fraction of sp³-hybridized carbons (Fsp3) is 0.289. The summed E-state index contributed by atoms with van der Waals surface area (Å²) < 4.78 is 0. The Morgan fingerprint density at radius 3 is 1.40 bits per heavy atom. The van der Waals surface area contributed by atoms with Crippen LogP contribution in [0.25, 0.3) is 44.5 Å². The fourth-order valence-electron chi connectivity index (χ4n) is 17.1. The number of fused-ring (bicyclic) bond motifs is 12. The molecule has 4 bridgehead atoms. The topological polar surface area (TPSA) is 3.24 Å². The van der Waals surface area contributed by atoms with Crippen LogP contribution in [0.4, 0.5) is 17.1 Å². The predicted octanol–water partition coefficient (Wildman–Crippen LogP) is 19.8. The van der Waals surface area contributed by atoms with E-state index in [2.05, 4.69) is 260 Å². The lowest BCUT2D eigenvalue weighted by atomic mass is 9.43. The van der Waals surface area contributed by atoms with Crippen molar-refractivity contribution in [3.63, 3.8) is 0 Å². The third kappa shape index (κ3) is 6.59. The average molecular weight is 998 g/mol. The maximum atomic E-state index is 2.71. The van der Waals surface area contributed by atoms with E-state index < -0.39 is 5.41 Å². The first kappa shape index (κ1) is 47.0. The van der Waals surface area contributed by atoms with Crippen molar-refractivity contribution in [2.45, 2.75) is 115 Å². The number of hydrogen-bond donors (Lipinski definition) is 0. The van der Waals surface area contributed by atoms with Gasteiger partial charge < -0.3 is 4.90 Å². The molecule has 4 fully saturated rings. The highest BCUT2D eigenvalue weighted by Crippen LogP contribution is 2.71. The van der Waals surface area contributed by atoms with Crippen LogP contribution in [-0.4, -0.2) is 0 Å². The second-order valence-corrected chi connectivity index (χ2v) is 26.9. The Morgan fingerprint density at radius 2 is 0.831 bits per heavy atom. The molecule has 0 heterocycles. The smallest absolute Gasteiger partial charge is 0.0740 e. The van der Waals surface area contributed by atoms with Gasteiger partial charge in [-0.3, -0.25) is 0 Å². The molecule has 1 heteroatoms. The van der Waals surface area contributed by atoms with E-state index >= 15 is 0 Å².